The van der Waals surface area contributed by atoms with Gasteiger partial charge in [0, 0.05) is 19.7 Å². The van der Waals surface area contributed by atoms with Crippen molar-refractivity contribution in [2.75, 3.05) is 0 Å². The van der Waals surface area contributed by atoms with Gasteiger partial charge < -0.3 is 0 Å². The van der Waals surface area contributed by atoms with E-state index < -0.39 is 23.4 Å². The summed E-state index contributed by atoms with van der Waals surface area (Å²) in [4.78, 5) is 0. The number of aryl methyl sites for hydroxylation is 1. The van der Waals surface area contributed by atoms with Crippen LogP contribution in [0.5, 0.6) is 0 Å². The first kappa shape index (κ1) is 15.3. The topological polar surface area (TPSA) is 17.8 Å². The van der Waals surface area contributed by atoms with Crippen LogP contribution in [0, 0.1) is 18.3 Å². The van der Waals surface area contributed by atoms with Crippen LogP contribution in [0.15, 0.2) is 6.20 Å². The monoisotopic (exact) mass is 296 g/mol. The highest BCUT2D eigenvalue weighted by atomic mass is 19.4. The molecule has 114 valence electrons. The van der Waals surface area contributed by atoms with Crippen molar-refractivity contribution in [1.82, 2.24) is 9.78 Å². The summed E-state index contributed by atoms with van der Waals surface area (Å²) in [6, 6.07) is 0. The van der Waals surface area contributed by atoms with E-state index in [1.54, 1.807) is 6.92 Å². The maximum atomic E-state index is 13.3. The maximum absolute atomic E-state index is 13.3. The lowest BCUT2D eigenvalue weighted by Gasteiger charge is -2.45. The van der Waals surface area contributed by atoms with E-state index in [9.17, 15) is 22.0 Å². The fourth-order valence-corrected chi connectivity index (χ4v) is 2.92. The molecule has 1 saturated carbocycles. The van der Waals surface area contributed by atoms with Crippen LogP contribution in [0.2, 0.25) is 0 Å². The fourth-order valence-electron chi connectivity index (χ4n) is 2.92. The van der Waals surface area contributed by atoms with Crippen molar-refractivity contribution in [3.05, 3.63) is 17.5 Å². The molecule has 7 heteroatoms. The molecular formula is C13H17F5N2. The lowest BCUT2D eigenvalue weighted by atomic mass is 9.63. The normalized spacial score (nSPS) is 27.5. The minimum Gasteiger partial charge on any atom is -0.271 e. The second kappa shape index (κ2) is 4.43. The summed E-state index contributed by atoms with van der Waals surface area (Å²) >= 11 is 0. The Bertz CT molecular complexity index is 492. The average molecular weight is 296 g/mol. The molecule has 0 unspecified atom stereocenters. The van der Waals surface area contributed by atoms with Crippen molar-refractivity contribution in [2.45, 2.75) is 52.3 Å². The minimum atomic E-state index is -4.17. The van der Waals surface area contributed by atoms with E-state index in [4.69, 9.17) is 0 Å². The van der Waals surface area contributed by atoms with Gasteiger partial charge in [0.2, 0.25) is 0 Å². The first-order valence-corrected chi connectivity index (χ1v) is 6.40. The van der Waals surface area contributed by atoms with Gasteiger partial charge in [0.25, 0.3) is 5.92 Å². The van der Waals surface area contributed by atoms with Crippen molar-refractivity contribution in [3.63, 3.8) is 0 Å². The Balaban J connectivity index is 2.06. The summed E-state index contributed by atoms with van der Waals surface area (Å²) < 4.78 is 65.3. The second-order valence-electron chi connectivity index (χ2n) is 6.20. The zero-order valence-electron chi connectivity index (χ0n) is 11.6. The first-order chi connectivity index (χ1) is 8.91. The van der Waals surface area contributed by atoms with E-state index in [2.05, 4.69) is 5.10 Å². The molecule has 2 nitrogen and oxygen atoms in total. The van der Waals surface area contributed by atoms with Crippen LogP contribution in [0.4, 0.5) is 22.0 Å². The van der Waals surface area contributed by atoms with Crippen LogP contribution in [0.1, 0.15) is 37.9 Å². The summed E-state index contributed by atoms with van der Waals surface area (Å²) in [5.41, 5.74) is -0.487. The molecule has 0 spiro atoms. The van der Waals surface area contributed by atoms with Crippen LogP contribution in [-0.2, 0) is 12.5 Å². The summed E-state index contributed by atoms with van der Waals surface area (Å²) in [6.07, 6.45) is -2.65. The van der Waals surface area contributed by atoms with Crippen LogP contribution in [0.25, 0.3) is 0 Å². The van der Waals surface area contributed by atoms with E-state index in [1.807, 2.05) is 0 Å². The SMILES string of the molecule is Cc1cn(CC2(C)CC(C(F)(F)F)C2)nc1C(C)(F)F. The largest absolute Gasteiger partial charge is 0.391 e. The number of aromatic nitrogens is 2. The molecule has 0 aromatic carbocycles. The molecule has 0 aliphatic heterocycles. The fraction of sp³-hybridized carbons (Fsp3) is 0.769. The molecule has 1 aliphatic rings. The van der Waals surface area contributed by atoms with Crippen LogP contribution in [-0.4, -0.2) is 16.0 Å². The zero-order chi connectivity index (χ0) is 15.3. The van der Waals surface area contributed by atoms with Crippen LogP contribution in [0.3, 0.4) is 0 Å². The molecule has 0 amide bonds. The van der Waals surface area contributed by atoms with Crippen molar-refractivity contribution >= 4 is 0 Å². The van der Waals surface area contributed by atoms with Crippen molar-refractivity contribution in [1.29, 1.82) is 0 Å². The third-order valence-corrected chi connectivity index (χ3v) is 3.85. The molecule has 20 heavy (non-hydrogen) atoms. The Kier molecular flexibility index (Phi) is 3.38. The number of nitrogens with zero attached hydrogens (tertiary/aromatic N) is 2. The molecule has 0 radical (unpaired) electrons. The molecule has 0 N–H and O–H groups in total. The Morgan fingerprint density at radius 2 is 1.85 bits per heavy atom. The lowest BCUT2D eigenvalue weighted by Crippen LogP contribution is -2.45. The number of alkyl halides is 5. The van der Waals surface area contributed by atoms with E-state index in [-0.39, 0.29) is 25.1 Å². The number of halogens is 5. The predicted octanol–water partition coefficient (Wildman–Crippen LogP) is 4.28. The first-order valence-electron chi connectivity index (χ1n) is 6.40. The van der Waals surface area contributed by atoms with Gasteiger partial charge in [-0.25, -0.2) is 0 Å². The van der Waals surface area contributed by atoms with Crippen molar-refractivity contribution in [3.8, 4) is 0 Å². The van der Waals surface area contributed by atoms with Gasteiger partial charge in [-0.1, -0.05) is 6.92 Å². The van der Waals surface area contributed by atoms with E-state index in [0.29, 0.717) is 5.56 Å². The smallest absolute Gasteiger partial charge is 0.271 e. The highest BCUT2D eigenvalue weighted by molar-refractivity contribution is 5.19. The molecule has 0 bridgehead atoms. The van der Waals surface area contributed by atoms with E-state index >= 15 is 0 Å². The van der Waals surface area contributed by atoms with Crippen LogP contribution < -0.4 is 0 Å². The van der Waals surface area contributed by atoms with Crippen molar-refractivity contribution < 1.29 is 22.0 Å². The Hall–Kier alpha value is -1.14. The van der Waals surface area contributed by atoms with E-state index in [0.717, 1.165) is 6.92 Å². The van der Waals surface area contributed by atoms with E-state index in [1.165, 1.54) is 17.8 Å². The summed E-state index contributed by atoms with van der Waals surface area (Å²) in [6.45, 7) is 4.25. The Morgan fingerprint density at radius 1 is 1.30 bits per heavy atom. The number of hydrogen-bond donors (Lipinski definition) is 0. The summed E-state index contributed by atoms with van der Waals surface area (Å²) in [5.74, 6) is -4.32. The molecule has 0 saturated heterocycles. The third kappa shape index (κ3) is 2.96. The molecule has 1 aromatic heterocycles. The maximum Gasteiger partial charge on any atom is 0.391 e. The minimum absolute atomic E-state index is 0.0211. The standard InChI is InChI=1S/C13H17F5N2/c1-8-6-20(19-10(8)12(3,14)15)7-11(2)4-9(5-11)13(16,17)18/h6,9H,4-5,7H2,1-3H3. The lowest BCUT2D eigenvalue weighted by molar-refractivity contribution is -0.221. The summed E-state index contributed by atoms with van der Waals surface area (Å²) in [7, 11) is 0. The average Bonchev–Trinajstić information content (AvgIpc) is 2.53. The molecule has 1 heterocycles. The van der Waals surface area contributed by atoms with Gasteiger partial charge >= 0.3 is 6.18 Å². The molecule has 2 rings (SSSR count). The molecular weight excluding hydrogens is 279 g/mol. The summed E-state index contributed by atoms with van der Waals surface area (Å²) in [5, 5.41) is 3.82. The highest BCUT2D eigenvalue weighted by Crippen LogP contribution is 2.53. The van der Waals surface area contributed by atoms with Gasteiger partial charge in [-0.2, -0.15) is 27.1 Å². The van der Waals surface area contributed by atoms with Crippen molar-refractivity contribution in [2.24, 2.45) is 11.3 Å². The number of hydrogen-bond acceptors (Lipinski definition) is 1. The van der Waals surface area contributed by atoms with Gasteiger partial charge in [0.05, 0.1) is 5.92 Å². The Morgan fingerprint density at radius 3 is 2.25 bits per heavy atom. The second-order valence-corrected chi connectivity index (χ2v) is 6.20. The van der Waals surface area contributed by atoms with Crippen LogP contribution >= 0.6 is 0 Å². The van der Waals surface area contributed by atoms with Gasteiger partial charge in [-0.3, -0.25) is 4.68 Å². The Labute approximate surface area is 114 Å². The molecule has 1 aliphatic carbocycles. The zero-order valence-corrected chi connectivity index (χ0v) is 11.6. The third-order valence-electron chi connectivity index (χ3n) is 3.85. The highest BCUT2D eigenvalue weighted by Gasteiger charge is 2.53. The van der Waals surface area contributed by atoms with Gasteiger partial charge in [-0.15, -0.1) is 0 Å². The predicted molar refractivity (Wildman–Crippen MR) is 63.4 cm³/mol. The van der Waals surface area contributed by atoms with Gasteiger partial charge in [-0.05, 0) is 30.7 Å². The number of rotatable bonds is 3. The quantitative estimate of drug-likeness (QED) is 0.761. The molecule has 0 atom stereocenters. The molecule has 1 fully saturated rings. The van der Waals surface area contributed by atoms with Gasteiger partial charge in [0.1, 0.15) is 5.69 Å². The molecule has 1 aromatic rings. The van der Waals surface area contributed by atoms with Gasteiger partial charge in [0.15, 0.2) is 0 Å².